The lowest BCUT2D eigenvalue weighted by Gasteiger charge is -2.21. The molecule has 1 amide bonds. The fourth-order valence-electron chi connectivity index (χ4n) is 3.75. The van der Waals surface area contributed by atoms with Crippen molar-refractivity contribution in [2.45, 2.75) is 86.5 Å². The van der Waals surface area contributed by atoms with Crippen molar-refractivity contribution < 1.29 is 40.8 Å². The van der Waals surface area contributed by atoms with Crippen molar-refractivity contribution in [3.8, 4) is 0 Å². The lowest BCUT2D eigenvalue weighted by Crippen LogP contribution is -2.26. The van der Waals surface area contributed by atoms with Crippen LogP contribution in [0, 0.1) is 10.8 Å². The van der Waals surface area contributed by atoms with Crippen molar-refractivity contribution in [3.05, 3.63) is 69.8 Å². The molecule has 0 saturated carbocycles. The van der Waals surface area contributed by atoms with Gasteiger partial charge in [0.1, 0.15) is 0 Å². The lowest BCUT2D eigenvalue weighted by atomic mass is 9.87. The SMILES string of the molecule is CC(=O)c1ccc(CCC(C)(C)C)c(C(F)(F)F)c1.CON(C)C(=O)c1ccc(CCC(C)(C)C)c(C(F)(F)F)c1. The first-order valence-electron chi connectivity index (χ1n) is 13.2. The van der Waals surface area contributed by atoms with Gasteiger partial charge in [0.2, 0.25) is 0 Å². The number of Topliss-reactive ketones (excluding diaryl/α,β-unsaturated/α-hetero) is 1. The Morgan fingerprint density at radius 3 is 1.39 bits per heavy atom. The highest BCUT2D eigenvalue weighted by Gasteiger charge is 2.35. The van der Waals surface area contributed by atoms with Crippen molar-refractivity contribution in [1.29, 1.82) is 0 Å². The quantitative estimate of drug-likeness (QED) is 0.184. The van der Waals surface area contributed by atoms with Gasteiger partial charge in [0.05, 0.1) is 18.2 Å². The molecule has 0 spiro atoms. The Morgan fingerprint density at radius 1 is 0.707 bits per heavy atom. The number of hydroxylamine groups is 2. The summed E-state index contributed by atoms with van der Waals surface area (Å²) in [6, 6.07) is 7.54. The van der Waals surface area contributed by atoms with Crippen LogP contribution in [0.5, 0.6) is 0 Å². The second-order valence-corrected chi connectivity index (χ2v) is 12.4. The molecular weight excluding hydrogens is 548 g/mol. The summed E-state index contributed by atoms with van der Waals surface area (Å²) in [6.45, 7) is 13.2. The van der Waals surface area contributed by atoms with E-state index >= 15 is 0 Å². The molecule has 0 aliphatic heterocycles. The van der Waals surface area contributed by atoms with E-state index in [-0.39, 0.29) is 38.9 Å². The van der Waals surface area contributed by atoms with E-state index < -0.39 is 29.4 Å². The van der Waals surface area contributed by atoms with Crippen LogP contribution in [0.15, 0.2) is 36.4 Å². The number of halogens is 6. The standard InChI is InChI=1S/C16H22F3NO2.C15H19F3O/c1-15(2,3)9-8-11-6-7-12(14(21)20(4)22-5)10-13(11)16(17,18)19;1-10(19)12-6-5-11(7-8-14(2,3)4)13(9-12)15(16,17)18/h6-7,10H,8-9H2,1-5H3;5-6,9H,7-8H2,1-4H3. The van der Waals surface area contributed by atoms with Crippen LogP contribution in [0.25, 0.3) is 0 Å². The number of rotatable bonds is 7. The first-order chi connectivity index (χ1) is 18.5. The Hall–Kier alpha value is -2.88. The van der Waals surface area contributed by atoms with Gasteiger partial charge in [-0.15, -0.1) is 0 Å². The third-order valence-corrected chi connectivity index (χ3v) is 6.33. The number of alkyl halides is 6. The molecule has 0 saturated heterocycles. The van der Waals surface area contributed by atoms with Gasteiger partial charge in [-0.2, -0.15) is 26.3 Å². The van der Waals surface area contributed by atoms with E-state index in [9.17, 15) is 35.9 Å². The maximum absolute atomic E-state index is 13.2. The third-order valence-electron chi connectivity index (χ3n) is 6.33. The first-order valence-corrected chi connectivity index (χ1v) is 13.2. The molecule has 0 bridgehead atoms. The fourth-order valence-corrected chi connectivity index (χ4v) is 3.75. The number of hydrogen-bond acceptors (Lipinski definition) is 3. The molecule has 0 aliphatic carbocycles. The van der Waals surface area contributed by atoms with Crippen molar-refractivity contribution in [1.82, 2.24) is 5.06 Å². The molecular formula is C31H41F6NO3. The van der Waals surface area contributed by atoms with Gasteiger partial charge in [0.25, 0.3) is 5.91 Å². The summed E-state index contributed by atoms with van der Waals surface area (Å²) in [7, 11) is 2.63. The minimum Gasteiger partial charge on any atom is -0.295 e. The zero-order valence-electron chi connectivity index (χ0n) is 25.2. The van der Waals surface area contributed by atoms with Crippen LogP contribution >= 0.6 is 0 Å². The normalized spacial score (nSPS) is 12.5. The summed E-state index contributed by atoms with van der Waals surface area (Å²) >= 11 is 0. The van der Waals surface area contributed by atoms with Crippen LogP contribution in [-0.4, -0.2) is 30.9 Å². The zero-order valence-corrected chi connectivity index (χ0v) is 25.2. The Labute approximate surface area is 239 Å². The Kier molecular flexibility index (Phi) is 12.2. The van der Waals surface area contributed by atoms with Crippen molar-refractivity contribution >= 4 is 11.7 Å². The summed E-state index contributed by atoms with van der Waals surface area (Å²) in [5.41, 5.74) is -1.01. The number of amides is 1. The Bertz CT molecular complexity index is 1190. The monoisotopic (exact) mass is 589 g/mol. The average molecular weight is 590 g/mol. The van der Waals surface area contributed by atoms with E-state index in [4.69, 9.17) is 4.84 Å². The lowest BCUT2D eigenvalue weighted by molar-refractivity contribution is -0.139. The number of benzene rings is 2. The molecule has 2 rings (SSSR count). The molecule has 0 radical (unpaired) electrons. The molecule has 0 unspecified atom stereocenters. The number of carbonyl (C=O) groups is 2. The second-order valence-electron chi connectivity index (χ2n) is 12.4. The van der Waals surface area contributed by atoms with Crippen LogP contribution in [0.3, 0.4) is 0 Å². The van der Waals surface area contributed by atoms with E-state index in [0.29, 0.717) is 25.7 Å². The van der Waals surface area contributed by atoms with Gasteiger partial charge < -0.3 is 0 Å². The van der Waals surface area contributed by atoms with Crippen molar-refractivity contribution in [2.24, 2.45) is 10.8 Å². The molecule has 0 N–H and O–H groups in total. The van der Waals surface area contributed by atoms with Crippen LogP contribution in [0.4, 0.5) is 26.3 Å². The van der Waals surface area contributed by atoms with Gasteiger partial charge in [-0.05, 0) is 72.8 Å². The average Bonchev–Trinajstić information content (AvgIpc) is 2.83. The molecule has 2 aromatic carbocycles. The summed E-state index contributed by atoms with van der Waals surface area (Å²) in [6.07, 6.45) is -6.95. The van der Waals surface area contributed by atoms with E-state index in [1.807, 2.05) is 41.5 Å². The molecule has 0 atom stereocenters. The number of nitrogens with zero attached hydrogens (tertiary/aromatic N) is 1. The first kappa shape index (κ1) is 36.1. The highest BCUT2D eigenvalue weighted by molar-refractivity contribution is 5.94. The highest BCUT2D eigenvalue weighted by atomic mass is 19.4. The fraction of sp³-hybridized carbons (Fsp3) is 0.548. The highest BCUT2D eigenvalue weighted by Crippen LogP contribution is 2.36. The molecule has 0 heterocycles. The molecule has 4 nitrogen and oxygen atoms in total. The van der Waals surface area contributed by atoms with E-state index in [0.717, 1.165) is 17.2 Å². The Morgan fingerprint density at radius 2 is 1.07 bits per heavy atom. The van der Waals surface area contributed by atoms with Gasteiger partial charge in [0.15, 0.2) is 5.78 Å². The topological polar surface area (TPSA) is 46.6 Å². The summed E-state index contributed by atoms with van der Waals surface area (Å²) in [4.78, 5) is 27.8. The molecule has 230 valence electrons. The van der Waals surface area contributed by atoms with Crippen molar-refractivity contribution in [3.63, 3.8) is 0 Å². The smallest absolute Gasteiger partial charge is 0.295 e. The zero-order chi connectivity index (χ0) is 32.0. The number of carbonyl (C=O) groups excluding carboxylic acids is 2. The largest absolute Gasteiger partial charge is 0.416 e. The third kappa shape index (κ3) is 12.3. The van der Waals surface area contributed by atoms with Crippen LogP contribution in [0.2, 0.25) is 0 Å². The van der Waals surface area contributed by atoms with E-state index in [1.165, 1.54) is 45.3 Å². The summed E-state index contributed by atoms with van der Waals surface area (Å²) < 4.78 is 78.7. The summed E-state index contributed by atoms with van der Waals surface area (Å²) in [5, 5.41) is 0.893. The maximum Gasteiger partial charge on any atom is 0.416 e. The predicted octanol–water partition coefficient (Wildman–Crippen LogP) is 9.20. The van der Waals surface area contributed by atoms with Gasteiger partial charge >= 0.3 is 12.4 Å². The van der Waals surface area contributed by atoms with Crippen LogP contribution in [0.1, 0.15) is 104 Å². The van der Waals surface area contributed by atoms with Crippen LogP contribution in [-0.2, 0) is 30.0 Å². The van der Waals surface area contributed by atoms with Crippen molar-refractivity contribution in [2.75, 3.05) is 14.2 Å². The maximum atomic E-state index is 13.2. The van der Waals surface area contributed by atoms with Gasteiger partial charge in [-0.25, -0.2) is 5.06 Å². The molecule has 0 fully saturated rings. The molecule has 0 aromatic heterocycles. The van der Waals surface area contributed by atoms with Crippen LogP contribution < -0.4 is 0 Å². The van der Waals surface area contributed by atoms with Gasteiger partial charge in [0, 0.05) is 18.2 Å². The number of aryl methyl sites for hydroxylation is 2. The number of hydrogen-bond donors (Lipinski definition) is 0. The molecule has 41 heavy (non-hydrogen) atoms. The molecule has 0 aliphatic rings. The van der Waals surface area contributed by atoms with E-state index in [2.05, 4.69) is 0 Å². The minimum absolute atomic E-state index is 0.0257. The second kappa shape index (κ2) is 13.9. The van der Waals surface area contributed by atoms with Gasteiger partial charge in [-0.3, -0.25) is 14.4 Å². The van der Waals surface area contributed by atoms with E-state index in [1.54, 1.807) is 0 Å². The molecule has 10 heteroatoms. The van der Waals surface area contributed by atoms with Gasteiger partial charge in [-0.1, -0.05) is 59.7 Å². The molecule has 2 aromatic rings. The predicted molar refractivity (Wildman–Crippen MR) is 148 cm³/mol. The number of ketones is 1. The summed E-state index contributed by atoms with van der Waals surface area (Å²) in [5.74, 6) is -0.969. The Balaban J connectivity index is 0.000000414. The minimum atomic E-state index is -4.49.